The second-order valence-electron chi connectivity index (χ2n) is 6.90. The molecule has 0 rings (SSSR count). The van der Waals surface area contributed by atoms with Crippen molar-refractivity contribution >= 4 is 8.56 Å². The molecule has 0 heterocycles. The minimum absolute atomic E-state index is 0.408. The topological polar surface area (TPSA) is 18.5 Å². The molecule has 0 fully saturated rings. The summed E-state index contributed by atoms with van der Waals surface area (Å²) in [5, 5.41) is 0. The molecule has 0 aliphatic rings. The van der Waals surface area contributed by atoms with Gasteiger partial charge in [0.25, 0.3) is 0 Å². The van der Waals surface area contributed by atoms with E-state index in [1.54, 1.807) is 14.2 Å². The molecule has 0 spiro atoms. The molecule has 0 aliphatic carbocycles. The smallest absolute Gasteiger partial charge is 0.334 e. The molecule has 1 atom stereocenters. The summed E-state index contributed by atoms with van der Waals surface area (Å²) in [4.78, 5) is 0. The SMILES string of the molecule is CCC(C)(C)CC(C)(CC)CC[Si](C)(OC)OC. The molecule has 0 radical (unpaired) electrons. The highest BCUT2D eigenvalue weighted by atomic mass is 28.4. The van der Waals surface area contributed by atoms with E-state index in [4.69, 9.17) is 8.85 Å². The molecule has 1 unspecified atom stereocenters. The first-order chi connectivity index (χ1) is 8.16. The molecule has 0 aliphatic heterocycles. The lowest BCUT2D eigenvalue weighted by molar-refractivity contribution is 0.151. The van der Waals surface area contributed by atoms with Gasteiger partial charge in [0.15, 0.2) is 0 Å². The first-order valence-corrected chi connectivity index (χ1v) is 9.78. The van der Waals surface area contributed by atoms with E-state index in [1.807, 2.05) is 0 Å². The molecular weight excluding hydrogens is 240 g/mol. The predicted molar refractivity (Wildman–Crippen MR) is 82.1 cm³/mol. The first kappa shape index (κ1) is 18.1. The molecule has 0 aromatic carbocycles. The van der Waals surface area contributed by atoms with E-state index >= 15 is 0 Å². The fraction of sp³-hybridized carbons (Fsp3) is 1.00. The van der Waals surface area contributed by atoms with Crippen LogP contribution in [0.1, 0.15) is 60.3 Å². The zero-order valence-corrected chi connectivity index (χ0v) is 14.9. The highest BCUT2D eigenvalue weighted by Crippen LogP contribution is 2.42. The number of hydrogen-bond acceptors (Lipinski definition) is 2. The van der Waals surface area contributed by atoms with Crippen LogP contribution in [0.25, 0.3) is 0 Å². The summed E-state index contributed by atoms with van der Waals surface area (Å²) in [6.07, 6.45) is 4.96. The molecule has 0 aromatic rings. The molecule has 0 amide bonds. The van der Waals surface area contributed by atoms with Gasteiger partial charge in [-0.1, -0.05) is 47.5 Å². The maximum Gasteiger partial charge on any atom is 0.334 e. The summed E-state index contributed by atoms with van der Waals surface area (Å²) >= 11 is 0. The third-order valence-electron chi connectivity index (χ3n) is 4.76. The molecular formula is C15H34O2Si. The van der Waals surface area contributed by atoms with Crippen LogP contribution >= 0.6 is 0 Å². The van der Waals surface area contributed by atoms with Crippen molar-refractivity contribution in [3.05, 3.63) is 0 Å². The Balaban J connectivity index is 4.58. The standard InChI is InChI=1S/C15H34O2Si/c1-9-14(3,4)13-15(5,10-2)11-12-18(8,16-6)17-7/h9-13H2,1-8H3. The Labute approximate surface area is 116 Å². The Hall–Kier alpha value is 0.137. The quantitative estimate of drug-likeness (QED) is 0.552. The fourth-order valence-electron chi connectivity index (χ4n) is 2.49. The van der Waals surface area contributed by atoms with Crippen molar-refractivity contribution in [3.8, 4) is 0 Å². The summed E-state index contributed by atoms with van der Waals surface area (Å²) in [6, 6.07) is 1.09. The van der Waals surface area contributed by atoms with E-state index in [0.717, 1.165) is 6.04 Å². The lowest BCUT2D eigenvalue weighted by Crippen LogP contribution is -2.38. The van der Waals surface area contributed by atoms with Crippen LogP contribution in [0.3, 0.4) is 0 Å². The number of rotatable bonds is 9. The van der Waals surface area contributed by atoms with Gasteiger partial charge in [-0.15, -0.1) is 0 Å². The van der Waals surface area contributed by atoms with Crippen LogP contribution in [0.4, 0.5) is 0 Å². The normalized spacial score (nSPS) is 16.7. The zero-order chi connectivity index (χ0) is 14.4. The summed E-state index contributed by atoms with van der Waals surface area (Å²) < 4.78 is 11.2. The van der Waals surface area contributed by atoms with Crippen molar-refractivity contribution < 1.29 is 8.85 Å². The molecule has 0 saturated heterocycles. The van der Waals surface area contributed by atoms with Crippen LogP contribution in [0.2, 0.25) is 12.6 Å². The molecule has 3 heteroatoms. The molecule has 110 valence electrons. The lowest BCUT2D eigenvalue weighted by Gasteiger charge is -2.38. The Morgan fingerprint density at radius 1 is 0.944 bits per heavy atom. The minimum Gasteiger partial charge on any atom is -0.398 e. The zero-order valence-electron chi connectivity index (χ0n) is 13.9. The van der Waals surface area contributed by atoms with Gasteiger partial charge in [-0.25, -0.2) is 0 Å². The summed E-state index contributed by atoms with van der Waals surface area (Å²) in [6.45, 7) is 13.9. The number of hydrogen-bond donors (Lipinski definition) is 0. The van der Waals surface area contributed by atoms with Gasteiger partial charge in [0.2, 0.25) is 0 Å². The molecule has 0 aromatic heterocycles. The molecule has 2 nitrogen and oxygen atoms in total. The minimum atomic E-state index is -1.91. The van der Waals surface area contributed by atoms with Crippen LogP contribution in [-0.2, 0) is 8.85 Å². The Morgan fingerprint density at radius 2 is 1.44 bits per heavy atom. The van der Waals surface area contributed by atoms with E-state index in [2.05, 4.69) is 41.2 Å². The predicted octanol–water partition coefficient (Wildman–Crippen LogP) is 4.98. The monoisotopic (exact) mass is 274 g/mol. The van der Waals surface area contributed by atoms with Gasteiger partial charge in [-0.05, 0) is 36.3 Å². The van der Waals surface area contributed by atoms with Crippen LogP contribution in [0.5, 0.6) is 0 Å². The third-order valence-corrected chi connectivity index (χ3v) is 7.65. The average Bonchev–Trinajstić information content (AvgIpc) is 2.35. The van der Waals surface area contributed by atoms with Crippen molar-refractivity contribution in [2.24, 2.45) is 10.8 Å². The highest BCUT2D eigenvalue weighted by molar-refractivity contribution is 6.65. The van der Waals surface area contributed by atoms with Crippen LogP contribution in [0, 0.1) is 10.8 Å². The summed E-state index contributed by atoms with van der Waals surface area (Å²) in [5.74, 6) is 0. The Bertz CT molecular complexity index is 237. The third kappa shape index (κ3) is 5.85. The van der Waals surface area contributed by atoms with Crippen LogP contribution in [-0.4, -0.2) is 22.8 Å². The van der Waals surface area contributed by atoms with Gasteiger partial charge in [0.05, 0.1) is 0 Å². The second kappa shape index (κ2) is 7.06. The van der Waals surface area contributed by atoms with Crippen molar-refractivity contribution in [1.29, 1.82) is 0 Å². The van der Waals surface area contributed by atoms with Crippen molar-refractivity contribution in [2.75, 3.05) is 14.2 Å². The van der Waals surface area contributed by atoms with E-state index in [-0.39, 0.29) is 0 Å². The molecule has 18 heavy (non-hydrogen) atoms. The van der Waals surface area contributed by atoms with E-state index in [0.29, 0.717) is 10.8 Å². The van der Waals surface area contributed by atoms with Gasteiger partial charge in [0, 0.05) is 14.2 Å². The summed E-state index contributed by atoms with van der Waals surface area (Å²) in [7, 11) is 1.66. The van der Waals surface area contributed by atoms with Crippen molar-refractivity contribution in [3.63, 3.8) is 0 Å². The second-order valence-corrected chi connectivity index (χ2v) is 10.5. The van der Waals surface area contributed by atoms with Crippen molar-refractivity contribution in [1.82, 2.24) is 0 Å². The lowest BCUT2D eigenvalue weighted by atomic mass is 9.70. The maximum absolute atomic E-state index is 5.60. The van der Waals surface area contributed by atoms with Gasteiger partial charge < -0.3 is 8.85 Å². The Morgan fingerprint density at radius 3 is 1.78 bits per heavy atom. The molecule has 0 bridgehead atoms. The molecule has 0 N–H and O–H groups in total. The summed E-state index contributed by atoms with van der Waals surface area (Å²) in [5.41, 5.74) is 0.841. The van der Waals surface area contributed by atoms with Gasteiger partial charge in [-0.2, -0.15) is 0 Å². The molecule has 0 saturated carbocycles. The van der Waals surface area contributed by atoms with Crippen LogP contribution in [0.15, 0.2) is 0 Å². The van der Waals surface area contributed by atoms with Crippen molar-refractivity contribution in [2.45, 2.75) is 72.9 Å². The largest absolute Gasteiger partial charge is 0.398 e. The van der Waals surface area contributed by atoms with Gasteiger partial charge in [-0.3, -0.25) is 0 Å². The fourth-order valence-corrected chi connectivity index (χ4v) is 4.12. The first-order valence-electron chi connectivity index (χ1n) is 7.26. The van der Waals surface area contributed by atoms with Gasteiger partial charge in [0.1, 0.15) is 0 Å². The van der Waals surface area contributed by atoms with E-state index < -0.39 is 8.56 Å². The van der Waals surface area contributed by atoms with E-state index in [9.17, 15) is 0 Å². The van der Waals surface area contributed by atoms with Gasteiger partial charge >= 0.3 is 8.56 Å². The van der Waals surface area contributed by atoms with Crippen LogP contribution < -0.4 is 0 Å². The maximum atomic E-state index is 5.60. The van der Waals surface area contributed by atoms with E-state index in [1.165, 1.54) is 25.7 Å². The Kier molecular flexibility index (Phi) is 7.12. The highest BCUT2D eigenvalue weighted by Gasteiger charge is 2.35. The average molecular weight is 275 g/mol.